The van der Waals surface area contributed by atoms with Gasteiger partial charge in [-0.2, -0.15) is 0 Å². The second-order valence-corrected chi connectivity index (χ2v) is 4.56. The van der Waals surface area contributed by atoms with E-state index in [-0.39, 0.29) is 17.0 Å². The average molecular weight is 301 g/mol. The lowest BCUT2D eigenvalue weighted by molar-refractivity contribution is 0.0951. The second-order valence-electron chi connectivity index (χ2n) is 4.56. The molecule has 1 aromatic heterocycles. The predicted molar refractivity (Wildman–Crippen MR) is 79.9 cm³/mol. The van der Waals surface area contributed by atoms with Gasteiger partial charge in [-0.3, -0.25) is 23.5 Å². The zero-order chi connectivity index (χ0) is 16.3. The molecule has 0 unspecified atom stereocenters. The maximum atomic E-state index is 12.0. The Kier molecular flexibility index (Phi) is 4.21. The topological polar surface area (TPSA) is 111 Å². The minimum atomic E-state index is -0.585. The summed E-state index contributed by atoms with van der Waals surface area (Å²) >= 11 is 0. The summed E-state index contributed by atoms with van der Waals surface area (Å²) in [5, 5.41) is 3.91. The number of rotatable bonds is 3. The van der Waals surface area contributed by atoms with Crippen molar-refractivity contribution < 1.29 is 9.59 Å². The van der Waals surface area contributed by atoms with E-state index < -0.39 is 11.5 Å². The third kappa shape index (κ3) is 2.66. The maximum Gasteiger partial charge on any atom is 0.271 e. The van der Waals surface area contributed by atoms with Gasteiger partial charge in [0.05, 0.1) is 0 Å². The van der Waals surface area contributed by atoms with Gasteiger partial charge in [-0.15, -0.1) is 5.10 Å². The highest BCUT2D eigenvalue weighted by atomic mass is 16.2. The number of nitrogens with zero attached hydrogens (tertiary/aromatic N) is 3. The molecule has 0 aliphatic rings. The summed E-state index contributed by atoms with van der Waals surface area (Å²) in [6.45, 7) is 0. The van der Waals surface area contributed by atoms with Crippen LogP contribution in [0, 0.1) is 0 Å². The number of benzene rings is 1. The van der Waals surface area contributed by atoms with Gasteiger partial charge in [0.1, 0.15) is 11.4 Å². The zero-order valence-electron chi connectivity index (χ0n) is 12.1. The Balaban J connectivity index is 2.48. The summed E-state index contributed by atoms with van der Waals surface area (Å²) in [6.07, 6.45) is 0.393. The van der Waals surface area contributed by atoms with Gasteiger partial charge in [0.25, 0.3) is 11.5 Å². The number of hydrogen-bond donors (Lipinski definition) is 2. The van der Waals surface area contributed by atoms with Gasteiger partial charge >= 0.3 is 0 Å². The van der Waals surface area contributed by atoms with Crippen molar-refractivity contribution in [2.24, 2.45) is 19.2 Å². The van der Waals surface area contributed by atoms with E-state index in [9.17, 15) is 14.4 Å². The van der Waals surface area contributed by atoms with Crippen molar-refractivity contribution in [1.29, 1.82) is 0 Å². The molecule has 114 valence electrons. The number of amides is 1. The Bertz CT molecular complexity index is 849. The van der Waals surface area contributed by atoms with E-state index in [1.165, 1.54) is 18.7 Å². The molecule has 8 heteroatoms. The molecule has 0 saturated carbocycles. The van der Waals surface area contributed by atoms with E-state index in [4.69, 9.17) is 5.73 Å². The molecule has 0 aliphatic carbocycles. The SMILES string of the molecule is Cn1c(N)c(C=O)c(=O)n(C)c1=NNC(=O)c1ccccc1. The molecule has 0 bridgehead atoms. The highest BCUT2D eigenvalue weighted by Gasteiger charge is 2.11. The molecule has 1 aromatic carbocycles. The highest BCUT2D eigenvalue weighted by Crippen LogP contribution is 1.99. The van der Waals surface area contributed by atoms with E-state index >= 15 is 0 Å². The predicted octanol–water partition coefficient (Wildman–Crippen LogP) is -0.636. The highest BCUT2D eigenvalue weighted by molar-refractivity contribution is 5.93. The van der Waals surface area contributed by atoms with Crippen LogP contribution in [-0.4, -0.2) is 21.3 Å². The average Bonchev–Trinajstić information content (AvgIpc) is 2.54. The van der Waals surface area contributed by atoms with Crippen molar-refractivity contribution in [3.05, 3.63) is 57.4 Å². The molecule has 8 nitrogen and oxygen atoms in total. The van der Waals surface area contributed by atoms with Gasteiger partial charge in [-0.05, 0) is 12.1 Å². The molecule has 0 saturated heterocycles. The first-order chi connectivity index (χ1) is 10.5. The number of aromatic nitrogens is 2. The summed E-state index contributed by atoms with van der Waals surface area (Å²) < 4.78 is 2.47. The Labute approximate surface area is 125 Å². The van der Waals surface area contributed by atoms with Crippen molar-refractivity contribution in [3.63, 3.8) is 0 Å². The van der Waals surface area contributed by atoms with Crippen molar-refractivity contribution in [2.45, 2.75) is 0 Å². The van der Waals surface area contributed by atoms with Crippen LogP contribution in [0.1, 0.15) is 20.7 Å². The van der Waals surface area contributed by atoms with E-state index in [2.05, 4.69) is 10.5 Å². The first kappa shape index (κ1) is 15.2. The Morgan fingerprint density at radius 3 is 2.45 bits per heavy atom. The molecule has 0 atom stereocenters. The maximum absolute atomic E-state index is 12.0. The zero-order valence-corrected chi connectivity index (χ0v) is 12.1. The fourth-order valence-corrected chi connectivity index (χ4v) is 1.91. The van der Waals surface area contributed by atoms with Gasteiger partial charge in [0.15, 0.2) is 6.29 Å². The van der Waals surface area contributed by atoms with Crippen molar-refractivity contribution in [1.82, 2.24) is 14.6 Å². The molecule has 22 heavy (non-hydrogen) atoms. The first-order valence-electron chi connectivity index (χ1n) is 6.37. The molecule has 2 rings (SSSR count). The Hall–Kier alpha value is -3.16. The number of aldehydes is 1. The lowest BCUT2D eigenvalue weighted by Crippen LogP contribution is -2.43. The standard InChI is InChI=1S/C14H15N5O3/c1-18-11(15)10(8-20)13(22)19(2)14(18)17-16-12(21)9-6-4-3-5-7-9/h3-8H,15H2,1-2H3,(H,16,21). The smallest absolute Gasteiger partial charge is 0.271 e. The monoisotopic (exact) mass is 301 g/mol. The summed E-state index contributed by atoms with van der Waals surface area (Å²) in [5.74, 6) is -0.447. The number of nitrogen functional groups attached to an aromatic ring is 1. The van der Waals surface area contributed by atoms with Crippen molar-refractivity contribution in [3.8, 4) is 0 Å². The molecule has 2 aromatic rings. The normalized spacial score (nSPS) is 11.3. The molecule has 3 N–H and O–H groups in total. The van der Waals surface area contributed by atoms with Gasteiger partial charge in [-0.1, -0.05) is 18.2 Å². The molecule has 1 amide bonds. The molecule has 0 radical (unpaired) electrons. The van der Waals surface area contributed by atoms with Crippen LogP contribution in [0.3, 0.4) is 0 Å². The Morgan fingerprint density at radius 1 is 1.23 bits per heavy atom. The molecule has 0 spiro atoms. The van der Waals surface area contributed by atoms with E-state index in [1.807, 2.05) is 0 Å². The quantitative estimate of drug-likeness (QED) is 0.580. The third-order valence-corrected chi connectivity index (χ3v) is 3.18. The summed E-state index contributed by atoms with van der Waals surface area (Å²) in [6, 6.07) is 8.50. The van der Waals surface area contributed by atoms with Crippen LogP contribution in [0.25, 0.3) is 0 Å². The number of anilines is 1. The number of carbonyl (C=O) groups is 2. The number of hydrogen-bond acceptors (Lipinski definition) is 5. The van der Waals surface area contributed by atoms with Crippen LogP contribution < -0.4 is 22.3 Å². The van der Waals surface area contributed by atoms with Gasteiger partial charge in [0.2, 0.25) is 5.62 Å². The number of carbonyl (C=O) groups excluding carboxylic acids is 2. The van der Waals surface area contributed by atoms with Gasteiger partial charge in [0, 0.05) is 19.7 Å². The fraction of sp³-hybridized carbons (Fsp3) is 0.143. The van der Waals surface area contributed by atoms with Crippen LogP contribution >= 0.6 is 0 Å². The number of nitrogens with two attached hydrogens (primary N) is 1. The second kappa shape index (κ2) is 6.08. The molecular weight excluding hydrogens is 286 g/mol. The van der Waals surface area contributed by atoms with E-state index in [1.54, 1.807) is 30.3 Å². The van der Waals surface area contributed by atoms with Crippen LogP contribution in [-0.2, 0) is 14.1 Å². The van der Waals surface area contributed by atoms with E-state index in [0.717, 1.165) is 4.57 Å². The minimum absolute atomic E-state index is 0.0224. The summed E-state index contributed by atoms with van der Waals surface area (Å²) in [4.78, 5) is 34.8. The summed E-state index contributed by atoms with van der Waals surface area (Å²) in [5.41, 5.74) is 7.87. The lowest BCUT2D eigenvalue weighted by Gasteiger charge is -2.10. The lowest BCUT2D eigenvalue weighted by atomic mass is 10.2. The largest absolute Gasteiger partial charge is 0.384 e. The first-order valence-corrected chi connectivity index (χ1v) is 6.37. The summed E-state index contributed by atoms with van der Waals surface area (Å²) in [7, 11) is 2.97. The molecular formula is C14H15N5O3. The van der Waals surface area contributed by atoms with Crippen molar-refractivity contribution in [2.75, 3.05) is 5.73 Å². The molecule has 1 heterocycles. The minimum Gasteiger partial charge on any atom is -0.384 e. The van der Waals surface area contributed by atoms with Crippen LogP contribution in [0.2, 0.25) is 0 Å². The molecule has 0 fully saturated rings. The fourth-order valence-electron chi connectivity index (χ4n) is 1.91. The third-order valence-electron chi connectivity index (χ3n) is 3.18. The van der Waals surface area contributed by atoms with Crippen LogP contribution in [0.4, 0.5) is 5.82 Å². The molecule has 0 aliphatic heterocycles. The van der Waals surface area contributed by atoms with Crippen LogP contribution in [0.15, 0.2) is 40.2 Å². The van der Waals surface area contributed by atoms with Gasteiger partial charge < -0.3 is 5.73 Å². The van der Waals surface area contributed by atoms with Gasteiger partial charge in [-0.25, -0.2) is 5.43 Å². The Morgan fingerprint density at radius 2 is 1.86 bits per heavy atom. The number of nitrogens with one attached hydrogen (secondary N) is 1. The van der Waals surface area contributed by atoms with Crippen molar-refractivity contribution >= 4 is 18.0 Å². The van der Waals surface area contributed by atoms with E-state index in [0.29, 0.717) is 11.8 Å². The van der Waals surface area contributed by atoms with Crippen LogP contribution in [0.5, 0.6) is 0 Å².